The van der Waals surface area contributed by atoms with Crippen LogP contribution in [0.2, 0.25) is 5.02 Å². The van der Waals surface area contributed by atoms with Gasteiger partial charge in [-0.05, 0) is 73.0 Å². The van der Waals surface area contributed by atoms with Crippen LogP contribution in [0.15, 0.2) is 78.9 Å². The predicted octanol–water partition coefficient (Wildman–Crippen LogP) is 7.85. The van der Waals surface area contributed by atoms with E-state index >= 15 is 0 Å². The van der Waals surface area contributed by atoms with E-state index in [1.807, 2.05) is 93.6 Å². The molecule has 0 aliphatic carbocycles. The standard InChI is InChI=1S/C29H22ClNO2/c1-17-13-18(2)27-25(14-17)26(19(3)28(31-27)22-9-6-10-23(30)15-22)29(32)33-24-12-11-20-7-4-5-8-21(20)16-24/h4-16H,1-3H3. The van der Waals surface area contributed by atoms with E-state index in [1.165, 1.54) is 0 Å². The van der Waals surface area contributed by atoms with Gasteiger partial charge >= 0.3 is 5.97 Å². The van der Waals surface area contributed by atoms with E-state index in [9.17, 15) is 4.79 Å². The Kier molecular flexibility index (Phi) is 5.35. The van der Waals surface area contributed by atoms with Crippen LogP contribution in [0.1, 0.15) is 27.0 Å². The molecule has 1 aromatic heterocycles. The average Bonchev–Trinajstić information content (AvgIpc) is 2.78. The summed E-state index contributed by atoms with van der Waals surface area (Å²) in [5.41, 5.74) is 5.73. The molecular formula is C29H22ClNO2. The Morgan fingerprint density at radius 2 is 1.64 bits per heavy atom. The summed E-state index contributed by atoms with van der Waals surface area (Å²) in [6, 6.07) is 25.3. The molecule has 162 valence electrons. The first-order valence-corrected chi connectivity index (χ1v) is 11.2. The van der Waals surface area contributed by atoms with Gasteiger partial charge in [0.2, 0.25) is 0 Å². The number of carbonyl (C=O) groups is 1. The number of aryl methyl sites for hydroxylation is 2. The second-order valence-corrected chi connectivity index (χ2v) is 8.78. The van der Waals surface area contributed by atoms with Crippen molar-refractivity contribution in [3.05, 3.63) is 106 Å². The summed E-state index contributed by atoms with van der Waals surface area (Å²) in [5.74, 6) is 0.111. The number of benzene rings is 4. The molecule has 0 radical (unpaired) electrons. The average molecular weight is 452 g/mol. The minimum absolute atomic E-state index is 0.400. The van der Waals surface area contributed by atoms with E-state index < -0.39 is 5.97 Å². The zero-order valence-electron chi connectivity index (χ0n) is 18.6. The van der Waals surface area contributed by atoms with Crippen molar-refractivity contribution in [3.8, 4) is 17.0 Å². The van der Waals surface area contributed by atoms with Crippen LogP contribution < -0.4 is 4.74 Å². The molecule has 5 rings (SSSR count). The molecule has 0 unspecified atom stereocenters. The number of nitrogens with zero attached hydrogens (tertiary/aromatic N) is 1. The van der Waals surface area contributed by atoms with Crippen molar-refractivity contribution in [2.24, 2.45) is 0 Å². The molecule has 0 N–H and O–H groups in total. The van der Waals surface area contributed by atoms with Crippen LogP contribution in [0.4, 0.5) is 0 Å². The van der Waals surface area contributed by atoms with E-state index in [1.54, 1.807) is 0 Å². The molecule has 5 aromatic rings. The van der Waals surface area contributed by atoms with Gasteiger partial charge in [-0.3, -0.25) is 0 Å². The van der Waals surface area contributed by atoms with Gasteiger partial charge in [-0.15, -0.1) is 0 Å². The van der Waals surface area contributed by atoms with Gasteiger partial charge < -0.3 is 4.74 Å². The summed E-state index contributed by atoms with van der Waals surface area (Å²) < 4.78 is 5.90. The topological polar surface area (TPSA) is 39.2 Å². The van der Waals surface area contributed by atoms with Crippen molar-refractivity contribution in [3.63, 3.8) is 0 Å². The lowest BCUT2D eigenvalue weighted by Crippen LogP contribution is -2.13. The highest BCUT2D eigenvalue weighted by atomic mass is 35.5. The summed E-state index contributed by atoms with van der Waals surface area (Å²) in [4.78, 5) is 18.5. The summed E-state index contributed by atoms with van der Waals surface area (Å²) in [7, 11) is 0. The number of fused-ring (bicyclic) bond motifs is 2. The van der Waals surface area contributed by atoms with Gasteiger partial charge in [-0.25, -0.2) is 9.78 Å². The van der Waals surface area contributed by atoms with Gasteiger partial charge in [-0.2, -0.15) is 0 Å². The Balaban J connectivity index is 1.69. The molecule has 1 heterocycles. The SMILES string of the molecule is Cc1cc(C)c2nc(-c3cccc(Cl)c3)c(C)c(C(=O)Oc3ccc4ccccc4c3)c2c1. The van der Waals surface area contributed by atoms with Gasteiger partial charge in [0.05, 0.1) is 16.8 Å². The van der Waals surface area contributed by atoms with Crippen molar-refractivity contribution in [2.75, 3.05) is 0 Å². The second kappa shape index (κ2) is 8.34. The maximum atomic E-state index is 13.6. The van der Waals surface area contributed by atoms with Crippen LogP contribution >= 0.6 is 11.6 Å². The van der Waals surface area contributed by atoms with E-state index in [0.717, 1.165) is 49.6 Å². The maximum Gasteiger partial charge on any atom is 0.344 e. The van der Waals surface area contributed by atoms with Crippen LogP contribution in [0.5, 0.6) is 5.75 Å². The highest BCUT2D eigenvalue weighted by Gasteiger charge is 2.22. The third-order valence-electron chi connectivity index (χ3n) is 5.90. The van der Waals surface area contributed by atoms with E-state index in [4.69, 9.17) is 21.3 Å². The van der Waals surface area contributed by atoms with Gasteiger partial charge in [0.1, 0.15) is 5.75 Å². The number of pyridine rings is 1. The number of ether oxygens (including phenoxy) is 1. The number of esters is 1. The third-order valence-corrected chi connectivity index (χ3v) is 6.14. The predicted molar refractivity (Wildman–Crippen MR) is 135 cm³/mol. The third kappa shape index (κ3) is 3.96. The highest BCUT2D eigenvalue weighted by molar-refractivity contribution is 6.30. The van der Waals surface area contributed by atoms with Crippen LogP contribution in [0, 0.1) is 20.8 Å². The fraction of sp³-hybridized carbons (Fsp3) is 0.103. The molecule has 0 aliphatic heterocycles. The number of carbonyl (C=O) groups excluding carboxylic acids is 1. The zero-order chi connectivity index (χ0) is 23.1. The largest absolute Gasteiger partial charge is 0.423 e. The molecule has 0 saturated heterocycles. The first kappa shape index (κ1) is 21.2. The van der Waals surface area contributed by atoms with Crippen LogP contribution in [-0.4, -0.2) is 11.0 Å². The molecule has 4 heteroatoms. The molecule has 0 aliphatic rings. The van der Waals surface area contributed by atoms with E-state index in [2.05, 4.69) is 6.07 Å². The Bertz CT molecular complexity index is 1560. The van der Waals surface area contributed by atoms with E-state index in [-0.39, 0.29) is 0 Å². The smallest absolute Gasteiger partial charge is 0.344 e. The van der Waals surface area contributed by atoms with Crippen molar-refractivity contribution in [2.45, 2.75) is 20.8 Å². The monoisotopic (exact) mass is 451 g/mol. The number of hydrogen-bond donors (Lipinski definition) is 0. The Hall–Kier alpha value is -3.69. The van der Waals surface area contributed by atoms with Gasteiger partial charge in [0.15, 0.2) is 0 Å². The lowest BCUT2D eigenvalue weighted by molar-refractivity contribution is 0.0736. The maximum absolute atomic E-state index is 13.6. The summed E-state index contributed by atoms with van der Waals surface area (Å²) in [5, 5.41) is 3.53. The van der Waals surface area contributed by atoms with Crippen molar-refractivity contribution >= 4 is 39.2 Å². The Morgan fingerprint density at radius 3 is 2.42 bits per heavy atom. The first-order valence-electron chi connectivity index (χ1n) is 10.8. The highest BCUT2D eigenvalue weighted by Crippen LogP contribution is 2.33. The molecule has 33 heavy (non-hydrogen) atoms. The Morgan fingerprint density at radius 1 is 0.848 bits per heavy atom. The van der Waals surface area contributed by atoms with Crippen molar-refractivity contribution in [1.82, 2.24) is 4.98 Å². The number of aromatic nitrogens is 1. The van der Waals surface area contributed by atoms with Crippen molar-refractivity contribution in [1.29, 1.82) is 0 Å². The zero-order valence-corrected chi connectivity index (χ0v) is 19.4. The molecule has 0 atom stereocenters. The quantitative estimate of drug-likeness (QED) is 0.207. The molecule has 0 fully saturated rings. The molecule has 0 amide bonds. The minimum atomic E-state index is -0.400. The van der Waals surface area contributed by atoms with Gasteiger partial charge in [0, 0.05) is 16.0 Å². The minimum Gasteiger partial charge on any atom is -0.423 e. The second-order valence-electron chi connectivity index (χ2n) is 8.35. The molecule has 0 bridgehead atoms. The number of rotatable bonds is 3. The summed E-state index contributed by atoms with van der Waals surface area (Å²) in [6.07, 6.45) is 0. The summed E-state index contributed by atoms with van der Waals surface area (Å²) in [6.45, 7) is 5.94. The van der Waals surface area contributed by atoms with Crippen LogP contribution in [-0.2, 0) is 0 Å². The first-order chi connectivity index (χ1) is 15.9. The molecule has 4 aromatic carbocycles. The lowest BCUT2D eigenvalue weighted by Gasteiger charge is -2.16. The molecule has 0 saturated carbocycles. The molecule has 3 nitrogen and oxygen atoms in total. The normalized spacial score (nSPS) is 11.2. The number of halogens is 1. The van der Waals surface area contributed by atoms with Gasteiger partial charge in [-0.1, -0.05) is 65.7 Å². The molecule has 0 spiro atoms. The van der Waals surface area contributed by atoms with E-state index in [0.29, 0.717) is 16.3 Å². The fourth-order valence-corrected chi connectivity index (χ4v) is 4.57. The molecular weight excluding hydrogens is 430 g/mol. The fourth-order valence-electron chi connectivity index (χ4n) is 4.38. The van der Waals surface area contributed by atoms with Crippen LogP contribution in [0.3, 0.4) is 0 Å². The Labute approximate surface area is 197 Å². The lowest BCUT2D eigenvalue weighted by atomic mass is 9.95. The van der Waals surface area contributed by atoms with Crippen LogP contribution in [0.25, 0.3) is 32.9 Å². The van der Waals surface area contributed by atoms with Gasteiger partial charge in [0.25, 0.3) is 0 Å². The number of hydrogen-bond acceptors (Lipinski definition) is 3. The van der Waals surface area contributed by atoms with Crippen molar-refractivity contribution < 1.29 is 9.53 Å². The summed E-state index contributed by atoms with van der Waals surface area (Å²) >= 11 is 6.26.